The molecule has 0 spiro atoms. The van der Waals surface area contributed by atoms with Gasteiger partial charge in [0.2, 0.25) is 11.8 Å². The SMILES string of the molecule is NC(=O)CN1CCCC(CCC(=O)N2CCN(c3ccccn3)CC2)C1. The first-order valence-corrected chi connectivity index (χ1v) is 9.56. The molecule has 2 amide bonds. The van der Waals surface area contributed by atoms with E-state index in [-0.39, 0.29) is 11.8 Å². The molecule has 2 fully saturated rings. The maximum atomic E-state index is 12.5. The fraction of sp³-hybridized carbons (Fsp3) is 0.632. The summed E-state index contributed by atoms with van der Waals surface area (Å²) in [5.74, 6) is 1.45. The van der Waals surface area contributed by atoms with Gasteiger partial charge < -0.3 is 15.5 Å². The molecule has 7 nitrogen and oxygen atoms in total. The van der Waals surface area contributed by atoms with E-state index in [1.54, 1.807) is 6.20 Å². The molecule has 0 bridgehead atoms. The van der Waals surface area contributed by atoms with Crippen LogP contribution in [0.3, 0.4) is 0 Å². The summed E-state index contributed by atoms with van der Waals surface area (Å²) < 4.78 is 0. The Labute approximate surface area is 155 Å². The van der Waals surface area contributed by atoms with Crippen molar-refractivity contribution in [2.45, 2.75) is 25.7 Å². The lowest BCUT2D eigenvalue weighted by molar-refractivity contribution is -0.132. The minimum Gasteiger partial charge on any atom is -0.369 e. The molecule has 142 valence electrons. The summed E-state index contributed by atoms with van der Waals surface area (Å²) in [6, 6.07) is 5.92. The van der Waals surface area contributed by atoms with Gasteiger partial charge in [0.05, 0.1) is 6.54 Å². The highest BCUT2D eigenvalue weighted by atomic mass is 16.2. The Morgan fingerprint density at radius 3 is 2.65 bits per heavy atom. The monoisotopic (exact) mass is 359 g/mol. The summed E-state index contributed by atoms with van der Waals surface area (Å²) in [5.41, 5.74) is 5.29. The molecule has 2 saturated heterocycles. The van der Waals surface area contributed by atoms with Crippen LogP contribution in [0.15, 0.2) is 24.4 Å². The molecule has 2 N–H and O–H groups in total. The number of anilines is 1. The van der Waals surface area contributed by atoms with Gasteiger partial charge in [0, 0.05) is 45.3 Å². The second-order valence-corrected chi connectivity index (χ2v) is 7.30. The lowest BCUT2D eigenvalue weighted by Gasteiger charge is -2.36. The van der Waals surface area contributed by atoms with E-state index >= 15 is 0 Å². The zero-order valence-corrected chi connectivity index (χ0v) is 15.3. The van der Waals surface area contributed by atoms with E-state index < -0.39 is 0 Å². The van der Waals surface area contributed by atoms with E-state index in [0.717, 1.165) is 64.3 Å². The predicted octanol–water partition coefficient (Wildman–Crippen LogP) is 0.708. The summed E-state index contributed by atoms with van der Waals surface area (Å²) in [5, 5.41) is 0. The second-order valence-electron chi connectivity index (χ2n) is 7.30. The Hall–Kier alpha value is -2.15. The van der Waals surface area contributed by atoms with Crippen molar-refractivity contribution < 1.29 is 9.59 Å². The molecule has 1 aromatic heterocycles. The van der Waals surface area contributed by atoms with Crippen molar-refractivity contribution in [1.82, 2.24) is 14.8 Å². The van der Waals surface area contributed by atoms with Crippen molar-refractivity contribution in [2.75, 3.05) is 50.7 Å². The first-order chi connectivity index (χ1) is 12.6. The molecule has 3 rings (SSSR count). The molecule has 2 aliphatic rings. The van der Waals surface area contributed by atoms with Crippen molar-refractivity contribution in [2.24, 2.45) is 11.7 Å². The first-order valence-electron chi connectivity index (χ1n) is 9.56. The molecular formula is C19H29N5O2. The van der Waals surface area contributed by atoms with E-state index in [4.69, 9.17) is 5.73 Å². The zero-order chi connectivity index (χ0) is 18.4. The quantitative estimate of drug-likeness (QED) is 0.809. The maximum Gasteiger partial charge on any atom is 0.231 e. The number of carbonyl (C=O) groups excluding carboxylic acids is 2. The third-order valence-corrected chi connectivity index (χ3v) is 5.35. The average molecular weight is 359 g/mol. The Balaban J connectivity index is 1.40. The fourth-order valence-corrected chi connectivity index (χ4v) is 3.96. The number of hydrogen-bond donors (Lipinski definition) is 1. The lowest BCUT2D eigenvalue weighted by Crippen LogP contribution is -2.49. The summed E-state index contributed by atoms with van der Waals surface area (Å²) in [7, 11) is 0. The Morgan fingerprint density at radius 1 is 1.15 bits per heavy atom. The van der Waals surface area contributed by atoms with E-state index in [9.17, 15) is 9.59 Å². The Kier molecular flexibility index (Phi) is 6.44. The van der Waals surface area contributed by atoms with E-state index in [2.05, 4.69) is 14.8 Å². The van der Waals surface area contributed by atoms with Crippen LogP contribution in [0.25, 0.3) is 0 Å². The molecular weight excluding hydrogens is 330 g/mol. The molecule has 1 unspecified atom stereocenters. The fourth-order valence-electron chi connectivity index (χ4n) is 3.96. The van der Waals surface area contributed by atoms with Gasteiger partial charge in [-0.25, -0.2) is 4.98 Å². The van der Waals surface area contributed by atoms with Gasteiger partial charge in [0.1, 0.15) is 5.82 Å². The number of carbonyl (C=O) groups is 2. The van der Waals surface area contributed by atoms with Crippen LogP contribution in [-0.2, 0) is 9.59 Å². The van der Waals surface area contributed by atoms with Crippen LogP contribution in [-0.4, -0.2) is 72.4 Å². The van der Waals surface area contributed by atoms with Gasteiger partial charge in [-0.2, -0.15) is 0 Å². The number of nitrogens with two attached hydrogens (primary N) is 1. The van der Waals surface area contributed by atoms with E-state index in [0.29, 0.717) is 18.9 Å². The minimum absolute atomic E-state index is 0.248. The molecule has 0 aliphatic carbocycles. The Morgan fingerprint density at radius 2 is 1.96 bits per heavy atom. The second kappa shape index (κ2) is 8.98. The molecule has 1 aromatic rings. The van der Waals surface area contributed by atoms with Crippen LogP contribution in [0.1, 0.15) is 25.7 Å². The van der Waals surface area contributed by atoms with Crippen molar-refractivity contribution in [3.05, 3.63) is 24.4 Å². The van der Waals surface area contributed by atoms with Crippen molar-refractivity contribution in [3.8, 4) is 0 Å². The number of aromatic nitrogens is 1. The lowest BCUT2D eigenvalue weighted by atomic mass is 9.93. The normalized spacial score (nSPS) is 21.6. The molecule has 2 aliphatic heterocycles. The van der Waals surface area contributed by atoms with E-state index in [1.165, 1.54) is 0 Å². The maximum absolute atomic E-state index is 12.5. The molecule has 1 atom stereocenters. The van der Waals surface area contributed by atoms with Gasteiger partial charge in [-0.1, -0.05) is 6.07 Å². The van der Waals surface area contributed by atoms with Gasteiger partial charge in [0.15, 0.2) is 0 Å². The largest absolute Gasteiger partial charge is 0.369 e. The highest BCUT2D eigenvalue weighted by Gasteiger charge is 2.25. The predicted molar refractivity (Wildman–Crippen MR) is 101 cm³/mol. The van der Waals surface area contributed by atoms with Gasteiger partial charge in [-0.15, -0.1) is 0 Å². The number of amides is 2. The smallest absolute Gasteiger partial charge is 0.231 e. The summed E-state index contributed by atoms with van der Waals surface area (Å²) >= 11 is 0. The highest BCUT2D eigenvalue weighted by molar-refractivity contribution is 5.76. The molecule has 0 aromatic carbocycles. The van der Waals surface area contributed by atoms with Crippen molar-refractivity contribution in [1.29, 1.82) is 0 Å². The number of piperazine rings is 1. The van der Waals surface area contributed by atoms with Gasteiger partial charge >= 0.3 is 0 Å². The topological polar surface area (TPSA) is 82.8 Å². The minimum atomic E-state index is -0.271. The number of piperidine rings is 1. The van der Waals surface area contributed by atoms with Crippen molar-refractivity contribution >= 4 is 17.6 Å². The number of nitrogens with zero attached hydrogens (tertiary/aromatic N) is 4. The molecule has 0 radical (unpaired) electrons. The van der Waals surface area contributed by atoms with Crippen LogP contribution in [0.4, 0.5) is 5.82 Å². The van der Waals surface area contributed by atoms with Crippen LogP contribution in [0.2, 0.25) is 0 Å². The van der Waals surface area contributed by atoms with Gasteiger partial charge in [0.25, 0.3) is 0 Å². The van der Waals surface area contributed by atoms with Crippen LogP contribution in [0, 0.1) is 5.92 Å². The summed E-state index contributed by atoms with van der Waals surface area (Å²) in [4.78, 5) is 34.3. The highest BCUT2D eigenvalue weighted by Crippen LogP contribution is 2.21. The molecule has 0 saturated carbocycles. The van der Waals surface area contributed by atoms with Crippen LogP contribution >= 0.6 is 0 Å². The molecule has 3 heterocycles. The molecule has 26 heavy (non-hydrogen) atoms. The van der Waals surface area contributed by atoms with E-state index in [1.807, 2.05) is 23.1 Å². The van der Waals surface area contributed by atoms with Crippen molar-refractivity contribution in [3.63, 3.8) is 0 Å². The first kappa shape index (κ1) is 18.6. The number of likely N-dealkylation sites (tertiary alicyclic amines) is 1. The van der Waals surface area contributed by atoms with Gasteiger partial charge in [-0.3, -0.25) is 14.5 Å². The Bertz CT molecular complexity index is 601. The number of hydrogen-bond acceptors (Lipinski definition) is 5. The third kappa shape index (κ3) is 5.17. The number of primary amides is 1. The standard InChI is InChI=1S/C19H29N5O2/c20-17(25)15-22-9-3-4-16(14-22)6-7-19(26)24-12-10-23(11-13-24)18-5-1-2-8-21-18/h1-2,5,8,16H,3-4,6-7,9-15H2,(H2,20,25). The molecule has 7 heteroatoms. The summed E-state index contributed by atoms with van der Waals surface area (Å²) in [6.45, 7) is 5.32. The zero-order valence-electron chi connectivity index (χ0n) is 15.3. The van der Waals surface area contributed by atoms with Crippen LogP contribution < -0.4 is 10.6 Å². The third-order valence-electron chi connectivity index (χ3n) is 5.35. The number of pyridine rings is 1. The van der Waals surface area contributed by atoms with Crippen LogP contribution in [0.5, 0.6) is 0 Å². The number of rotatable bonds is 6. The van der Waals surface area contributed by atoms with Gasteiger partial charge in [-0.05, 0) is 43.9 Å². The average Bonchev–Trinajstić information content (AvgIpc) is 2.67. The summed E-state index contributed by atoms with van der Waals surface area (Å²) in [6.07, 6.45) is 5.51.